The van der Waals surface area contributed by atoms with E-state index in [4.69, 9.17) is 14.1 Å². The molecule has 1 amide bonds. The third kappa shape index (κ3) is 3.41. The third-order valence-electron chi connectivity index (χ3n) is 4.41. The molecule has 0 bridgehead atoms. The van der Waals surface area contributed by atoms with Gasteiger partial charge in [0.05, 0.1) is 19.5 Å². The topological polar surface area (TPSA) is 71.7 Å². The minimum atomic E-state index is -0.0935. The van der Waals surface area contributed by atoms with Crippen molar-refractivity contribution in [2.24, 2.45) is 0 Å². The molecule has 1 fully saturated rings. The van der Waals surface area contributed by atoms with Gasteiger partial charge in [0.1, 0.15) is 11.6 Å². The molecule has 7 nitrogen and oxygen atoms in total. The minimum absolute atomic E-state index is 0.0935. The van der Waals surface area contributed by atoms with Crippen LogP contribution < -0.4 is 9.80 Å². The predicted molar refractivity (Wildman–Crippen MR) is 93.5 cm³/mol. The predicted octanol–water partition coefficient (Wildman–Crippen LogP) is 1.90. The van der Waals surface area contributed by atoms with E-state index in [0.717, 1.165) is 37.3 Å². The first-order chi connectivity index (χ1) is 12.3. The van der Waals surface area contributed by atoms with Crippen LogP contribution in [0.15, 0.2) is 35.1 Å². The summed E-state index contributed by atoms with van der Waals surface area (Å²) in [5, 5.41) is 0. The van der Waals surface area contributed by atoms with Crippen LogP contribution in [0.1, 0.15) is 17.7 Å². The highest BCUT2D eigenvalue weighted by Crippen LogP contribution is 2.27. The molecule has 2 aliphatic heterocycles. The fourth-order valence-corrected chi connectivity index (χ4v) is 3.09. The van der Waals surface area contributed by atoms with Gasteiger partial charge in [-0.1, -0.05) is 0 Å². The molecule has 0 aliphatic carbocycles. The van der Waals surface area contributed by atoms with E-state index in [-0.39, 0.29) is 5.91 Å². The number of morpholine rings is 1. The maximum atomic E-state index is 12.6. The van der Waals surface area contributed by atoms with E-state index in [1.807, 2.05) is 12.3 Å². The van der Waals surface area contributed by atoms with Crippen molar-refractivity contribution in [3.63, 3.8) is 0 Å². The number of carbonyl (C=O) groups excluding carboxylic acids is 1. The number of carbonyl (C=O) groups is 1. The Hall–Kier alpha value is -2.67. The highest BCUT2D eigenvalue weighted by Gasteiger charge is 2.25. The standard InChI is InChI=1S/C18H20N4O3/c23-16(6-5-15-4-2-10-25-15)22-7-1-3-14-13-19-18(20-17(14)22)21-8-11-24-12-9-21/h2,4-6,10,13H,1,3,7-9,11-12H2. The summed E-state index contributed by atoms with van der Waals surface area (Å²) in [7, 11) is 0. The van der Waals surface area contributed by atoms with Crippen LogP contribution in [0, 0.1) is 0 Å². The molecule has 0 atom stereocenters. The lowest BCUT2D eigenvalue weighted by Crippen LogP contribution is -2.39. The van der Waals surface area contributed by atoms with Crippen molar-refractivity contribution in [1.29, 1.82) is 0 Å². The number of aryl methyl sites for hydroxylation is 1. The van der Waals surface area contributed by atoms with Crippen molar-refractivity contribution >= 4 is 23.7 Å². The first-order valence-corrected chi connectivity index (χ1v) is 8.53. The summed E-state index contributed by atoms with van der Waals surface area (Å²) < 4.78 is 10.6. The number of furan rings is 1. The van der Waals surface area contributed by atoms with Gasteiger partial charge in [-0.25, -0.2) is 4.98 Å². The van der Waals surface area contributed by atoms with Crippen LogP contribution in [0.4, 0.5) is 11.8 Å². The smallest absolute Gasteiger partial charge is 0.252 e. The number of aromatic nitrogens is 2. The number of anilines is 2. The molecule has 0 saturated carbocycles. The Morgan fingerprint density at radius 1 is 1.24 bits per heavy atom. The molecule has 2 aromatic rings. The molecule has 2 aliphatic rings. The molecular formula is C18H20N4O3. The van der Waals surface area contributed by atoms with Crippen LogP contribution >= 0.6 is 0 Å². The fraction of sp³-hybridized carbons (Fsp3) is 0.389. The number of amides is 1. The second kappa shape index (κ2) is 7.06. The van der Waals surface area contributed by atoms with Gasteiger partial charge >= 0.3 is 0 Å². The summed E-state index contributed by atoms with van der Waals surface area (Å²) in [5.41, 5.74) is 1.02. The molecular weight excluding hydrogens is 320 g/mol. The van der Waals surface area contributed by atoms with Crippen molar-refractivity contribution in [2.45, 2.75) is 12.8 Å². The maximum Gasteiger partial charge on any atom is 0.252 e. The quantitative estimate of drug-likeness (QED) is 0.795. The normalized spacial score (nSPS) is 17.8. The largest absolute Gasteiger partial charge is 0.465 e. The van der Waals surface area contributed by atoms with Gasteiger partial charge in [0.15, 0.2) is 0 Å². The highest BCUT2D eigenvalue weighted by molar-refractivity contribution is 6.03. The first-order valence-electron chi connectivity index (χ1n) is 8.53. The van der Waals surface area contributed by atoms with Gasteiger partial charge in [-0.2, -0.15) is 4.98 Å². The van der Waals surface area contributed by atoms with E-state index in [1.54, 1.807) is 23.3 Å². The maximum absolute atomic E-state index is 12.6. The van der Waals surface area contributed by atoms with E-state index in [2.05, 4.69) is 9.88 Å². The molecule has 0 spiro atoms. The monoisotopic (exact) mass is 340 g/mol. The zero-order chi connectivity index (χ0) is 17.1. The SMILES string of the molecule is O=C(C=Cc1ccco1)N1CCCc2cnc(N3CCOCC3)nc21. The molecule has 130 valence electrons. The fourth-order valence-electron chi connectivity index (χ4n) is 3.09. The molecule has 7 heteroatoms. The van der Waals surface area contributed by atoms with Gasteiger partial charge < -0.3 is 14.1 Å². The van der Waals surface area contributed by atoms with Gasteiger partial charge in [-0.15, -0.1) is 0 Å². The van der Waals surface area contributed by atoms with Crippen LogP contribution in [0.25, 0.3) is 6.08 Å². The molecule has 0 radical (unpaired) electrons. The Morgan fingerprint density at radius 2 is 2.12 bits per heavy atom. The van der Waals surface area contributed by atoms with Crippen LogP contribution in [0.2, 0.25) is 0 Å². The van der Waals surface area contributed by atoms with Crippen molar-refractivity contribution < 1.29 is 13.9 Å². The third-order valence-corrected chi connectivity index (χ3v) is 4.41. The van der Waals surface area contributed by atoms with Gasteiger partial charge in [0.25, 0.3) is 5.91 Å². The summed E-state index contributed by atoms with van der Waals surface area (Å²) in [6.07, 6.45) is 8.45. The molecule has 0 unspecified atom stereocenters. The average Bonchev–Trinajstić information content (AvgIpc) is 3.19. The van der Waals surface area contributed by atoms with Crippen molar-refractivity contribution in [2.75, 3.05) is 42.6 Å². The summed E-state index contributed by atoms with van der Waals surface area (Å²) in [6.45, 7) is 3.55. The van der Waals surface area contributed by atoms with E-state index >= 15 is 0 Å². The molecule has 4 heterocycles. The average molecular weight is 340 g/mol. The Morgan fingerprint density at radius 3 is 2.92 bits per heavy atom. The summed E-state index contributed by atoms with van der Waals surface area (Å²) >= 11 is 0. The number of rotatable bonds is 3. The Balaban J connectivity index is 1.58. The van der Waals surface area contributed by atoms with E-state index < -0.39 is 0 Å². The van der Waals surface area contributed by atoms with Crippen molar-refractivity contribution in [3.8, 4) is 0 Å². The zero-order valence-corrected chi connectivity index (χ0v) is 13.9. The Kier molecular flexibility index (Phi) is 4.47. The summed E-state index contributed by atoms with van der Waals surface area (Å²) in [4.78, 5) is 25.6. The molecule has 25 heavy (non-hydrogen) atoms. The summed E-state index contributed by atoms with van der Waals surface area (Å²) in [6, 6.07) is 3.61. The number of nitrogens with zero attached hydrogens (tertiary/aromatic N) is 4. The lowest BCUT2D eigenvalue weighted by atomic mass is 10.1. The first kappa shape index (κ1) is 15.8. The van der Waals surface area contributed by atoms with E-state index in [9.17, 15) is 4.79 Å². The van der Waals surface area contributed by atoms with Gasteiger partial charge in [-0.05, 0) is 31.1 Å². The molecule has 0 aromatic carbocycles. The number of hydrogen-bond donors (Lipinski definition) is 0. The van der Waals surface area contributed by atoms with Gasteiger partial charge in [-0.3, -0.25) is 9.69 Å². The second-order valence-corrected chi connectivity index (χ2v) is 6.06. The second-order valence-electron chi connectivity index (χ2n) is 6.06. The van der Waals surface area contributed by atoms with Crippen LogP contribution in [-0.2, 0) is 16.0 Å². The Bertz CT molecular complexity index is 767. The van der Waals surface area contributed by atoms with E-state index in [0.29, 0.717) is 31.5 Å². The molecule has 2 aromatic heterocycles. The lowest BCUT2D eigenvalue weighted by Gasteiger charge is -2.31. The number of ether oxygens (including phenoxy) is 1. The van der Waals surface area contributed by atoms with Crippen LogP contribution in [-0.4, -0.2) is 48.7 Å². The highest BCUT2D eigenvalue weighted by atomic mass is 16.5. The molecule has 4 rings (SSSR count). The molecule has 1 saturated heterocycles. The summed E-state index contributed by atoms with van der Waals surface area (Å²) in [5.74, 6) is 1.94. The molecule has 0 N–H and O–H groups in total. The van der Waals surface area contributed by atoms with Gasteiger partial charge in [0.2, 0.25) is 5.95 Å². The number of fused-ring (bicyclic) bond motifs is 1. The minimum Gasteiger partial charge on any atom is -0.465 e. The number of hydrogen-bond acceptors (Lipinski definition) is 6. The van der Waals surface area contributed by atoms with E-state index in [1.165, 1.54) is 6.08 Å². The Labute approximate surface area is 145 Å². The zero-order valence-electron chi connectivity index (χ0n) is 13.9. The van der Waals surface area contributed by atoms with Crippen LogP contribution in [0.3, 0.4) is 0 Å². The van der Waals surface area contributed by atoms with Crippen LogP contribution in [0.5, 0.6) is 0 Å². The van der Waals surface area contributed by atoms with Crippen molar-refractivity contribution in [1.82, 2.24) is 9.97 Å². The van der Waals surface area contributed by atoms with Crippen molar-refractivity contribution in [3.05, 3.63) is 42.0 Å². The van der Waals surface area contributed by atoms with Gasteiger partial charge in [0, 0.05) is 37.5 Å². The lowest BCUT2D eigenvalue weighted by molar-refractivity contribution is -0.114.